The molecule has 3 heteroatoms. The third-order valence-electron chi connectivity index (χ3n) is 1.91. The van der Waals surface area contributed by atoms with Gasteiger partial charge in [0.05, 0.1) is 3.57 Å². The summed E-state index contributed by atoms with van der Waals surface area (Å²) >= 11 is 4.06. The first kappa shape index (κ1) is 8.31. The van der Waals surface area contributed by atoms with E-state index in [1.807, 2.05) is 6.07 Å². The molecule has 0 atom stereocenters. The number of aryl methyl sites for hydroxylation is 1. The second-order valence-electron chi connectivity index (χ2n) is 2.76. The molecular weight excluding hydrogens is 281 g/mol. The zero-order valence-electron chi connectivity index (χ0n) is 6.60. The molecule has 0 aliphatic heterocycles. The number of rotatable bonds is 0. The Morgan fingerprint density at radius 2 is 2.25 bits per heavy atom. The van der Waals surface area contributed by atoms with Crippen LogP contribution in [-0.2, 0) is 0 Å². The molecule has 0 fully saturated rings. The van der Waals surface area contributed by atoms with Crippen LogP contribution in [0.2, 0.25) is 0 Å². The van der Waals surface area contributed by atoms with Gasteiger partial charge in [-0.3, -0.25) is 0 Å². The molecule has 0 saturated carbocycles. The van der Waals surface area contributed by atoms with Crippen molar-refractivity contribution in [2.75, 3.05) is 5.73 Å². The summed E-state index contributed by atoms with van der Waals surface area (Å²) in [7, 11) is 0. The van der Waals surface area contributed by atoms with Crippen LogP contribution in [0.3, 0.4) is 0 Å². The first-order valence-electron chi connectivity index (χ1n) is 3.62. The van der Waals surface area contributed by atoms with Gasteiger partial charge < -0.3 is 5.73 Å². The van der Waals surface area contributed by atoms with Crippen LogP contribution in [0.1, 0.15) is 5.56 Å². The summed E-state index contributed by atoms with van der Waals surface area (Å²) in [4.78, 5) is 0. The summed E-state index contributed by atoms with van der Waals surface area (Å²) < 4.78 is 2.50. The highest BCUT2D eigenvalue weighted by molar-refractivity contribution is 14.1. The Morgan fingerprint density at radius 1 is 1.50 bits per heavy atom. The lowest BCUT2D eigenvalue weighted by molar-refractivity contribution is 1.53. The monoisotopic (exact) mass is 289 g/mol. The number of nitrogen functional groups attached to an aromatic ring is 1. The van der Waals surface area contributed by atoms with Crippen molar-refractivity contribution in [3.8, 4) is 0 Å². The predicted octanol–water partition coefficient (Wildman–Crippen LogP) is 3.40. The molecule has 1 aromatic heterocycles. The lowest BCUT2D eigenvalue weighted by atomic mass is 10.1. The zero-order chi connectivity index (χ0) is 8.72. The molecule has 1 nitrogen and oxygen atoms in total. The third kappa shape index (κ3) is 1.11. The number of benzene rings is 1. The number of halogens is 1. The molecule has 1 aromatic carbocycles. The smallest absolute Gasteiger partial charge is 0.0538 e. The van der Waals surface area contributed by atoms with E-state index in [-0.39, 0.29) is 0 Å². The predicted molar refractivity (Wildman–Crippen MR) is 63.7 cm³/mol. The van der Waals surface area contributed by atoms with E-state index < -0.39 is 0 Å². The normalized spacial score (nSPS) is 10.8. The minimum atomic E-state index is 0.892. The largest absolute Gasteiger partial charge is 0.398 e. The van der Waals surface area contributed by atoms with E-state index >= 15 is 0 Å². The molecule has 62 valence electrons. The second-order valence-corrected chi connectivity index (χ2v) is 4.75. The highest BCUT2D eigenvalue weighted by atomic mass is 127. The van der Waals surface area contributed by atoms with Gasteiger partial charge in [-0.25, -0.2) is 0 Å². The topological polar surface area (TPSA) is 26.0 Å². The molecule has 0 radical (unpaired) electrons. The first-order chi connectivity index (χ1) is 5.70. The number of thiophene rings is 1. The van der Waals surface area contributed by atoms with Gasteiger partial charge in [0.2, 0.25) is 0 Å². The molecule has 12 heavy (non-hydrogen) atoms. The fraction of sp³-hybridized carbons (Fsp3) is 0.111. The van der Waals surface area contributed by atoms with Crippen LogP contribution in [-0.4, -0.2) is 0 Å². The Bertz CT molecular complexity index is 433. The molecule has 2 aromatic rings. The van der Waals surface area contributed by atoms with E-state index in [9.17, 15) is 0 Å². The van der Waals surface area contributed by atoms with Crippen LogP contribution in [0.4, 0.5) is 5.69 Å². The fourth-order valence-corrected chi connectivity index (χ4v) is 3.04. The van der Waals surface area contributed by atoms with Crippen molar-refractivity contribution in [1.29, 1.82) is 0 Å². The summed E-state index contributed by atoms with van der Waals surface area (Å²) in [6.45, 7) is 2.10. The minimum Gasteiger partial charge on any atom is -0.398 e. The lowest BCUT2D eigenvalue weighted by Gasteiger charge is -2.02. The van der Waals surface area contributed by atoms with E-state index in [1.165, 1.54) is 19.2 Å². The van der Waals surface area contributed by atoms with Crippen molar-refractivity contribution in [2.45, 2.75) is 6.92 Å². The Labute approximate surface area is 88.7 Å². The highest BCUT2D eigenvalue weighted by Gasteiger charge is 2.05. The molecule has 2 rings (SSSR count). The van der Waals surface area contributed by atoms with Gasteiger partial charge in [-0.05, 0) is 58.0 Å². The van der Waals surface area contributed by atoms with Gasteiger partial charge in [0.25, 0.3) is 0 Å². The van der Waals surface area contributed by atoms with Crippen molar-refractivity contribution in [3.05, 3.63) is 26.6 Å². The van der Waals surface area contributed by atoms with Gasteiger partial charge in [0.15, 0.2) is 0 Å². The highest BCUT2D eigenvalue weighted by Crippen LogP contribution is 2.32. The molecule has 0 bridgehead atoms. The van der Waals surface area contributed by atoms with Gasteiger partial charge in [0, 0.05) is 10.4 Å². The van der Waals surface area contributed by atoms with E-state index in [2.05, 4.69) is 41.0 Å². The number of hydrogen-bond donors (Lipinski definition) is 1. The maximum Gasteiger partial charge on any atom is 0.0538 e. The summed E-state index contributed by atoms with van der Waals surface area (Å²) in [5.74, 6) is 0. The Kier molecular flexibility index (Phi) is 2.00. The quantitative estimate of drug-likeness (QED) is 0.584. The summed E-state index contributed by atoms with van der Waals surface area (Å²) in [6, 6.07) is 4.19. The van der Waals surface area contributed by atoms with Gasteiger partial charge in [0.1, 0.15) is 0 Å². The maximum atomic E-state index is 5.85. The Balaban J connectivity index is 2.97. The van der Waals surface area contributed by atoms with Crippen molar-refractivity contribution in [3.63, 3.8) is 0 Å². The van der Waals surface area contributed by atoms with E-state index in [0.29, 0.717) is 0 Å². The molecule has 0 aliphatic carbocycles. The van der Waals surface area contributed by atoms with Gasteiger partial charge in [-0.1, -0.05) is 0 Å². The van der Waals surface area contributed by atoms with E-state index in [0.717, 1.165) is 5.69 Å². The molecule has 0 spiro atoms. The average molecular weight is 289 g/mol. The zero-order valence-corrected chi connectivity index (χ0v) is 9.57. The number of nitrogens with two attached hydrogens (primary N) is 1. The third-order valence-corrected chi connectivity index (χ3v) is 4.37. The van der Waals surface area contributed by atoms with Gasteiger partial charge in [-0.15, -0.1) is 11.3 Å². The van der Waals surface area contributed by atoms with Crippen LogP contribution in [0.5, 0.6) is 0 Å². The van der Waals surface area contributed by atoms with Crippen LogP contribution >= 0.6 is 33.9 Å². The van der Waals surface area contributed by atoms with Gasteiger partial charge >= 0.3 is 0 Å². The van der Waals surface area contributed by atoms with Crippen LogP contribution in [0, 0.1) is 10.5 Å². The van der Waals surface area contributed by atoms with Gasteiger partial charge in [-0.2, -0.15) is 0 Å². The lowest BCUT2D eigenvalue weighted by Crippen LogP contribution is -1.90. The summed E-state index contributed by atoms with van der Waals surface area (Å²) in [5, 5.41) is 3.44. The number of anilines is 1. The minimum absolute atomic E-state index is 0.892. The van der Waals surface area contributed by atoms with Crippen molar-refractivity contribution in [1.82, 2.24) is 0 Å². The average Bonchev–Trinajstić information content (AvgIpc) is 2.48. The van der Waals surface area contributed by atoms with Crippen LogP contribution in [0.15, 0.2) is 17.5 Å². The standard InChI is InChI=1S/C9H8INS/c1-5-4-7(11)8(10)9-6(5)2-3-12-9/h2-4H,11H2,1H3. The van der Waals surface area contributed by atoms with E-state index in [4.69, 9.17) is 5.73 Å². The number of fused-ring (bicyclic) bond motifs is 1. The molecule has 0 amide bonds. The Hall–Kier alpha value is -0.290. The Morgan fingerprint density at radius 3 is 3.00 bits per heavy atom. The van der Waals surface area contributed by atoms with Crippen molar-refractivity contribution >= 4 is 49.7 Å². The van der Waals surface area contributed by atoms with Crippen molar-refractivity contribution in [2.24, 2.45) is 0 Å². The second kappa shape index (κ2) is 2.88. The molecular formula is C9H8INS. The van der Waals surface area contributed by atoms with Crippen molar-refractivity contribution < 1.29 is 0 Å². The summed E-state index contributed by atoms with van der Waals surface area (Å²) in [6.07, 6.45) is 0. The molecule has 2 N–H and O–H groups in total. The maximum absolute atomic E-state index is 5.85. The molecule has 0 saturated heterocycles. The van der Waals surface area contributed by atoms with E-state index in [1.54, 1.807) is 11.3 Å². The fourth-order valence-electron chi connectivity index (χ4n) is 1.30. The molecule has 1 heterocycles. The SMILES string of the molecule is Cc1cc(N)c(I)c2sccc12. The van der Waals surface area contributed by atoms with Crippen LogP contribution in [0.25, 0.3) is 10.1 Å². The molecule has 0 aliphatic rings. The van der Waals surface area contributed by atoms with Crippen LogP contribution < -0.4 is 5.73 Å². The summed E-state index contributed by atoms with van der Waals surface area (Å²) in [5.41, 5.74) is 8.00. The molecule has 0 unspecified atom stereocenters. The first-order valence-corrected chi connectivity index (χ1v) is 5.58. The number of hydrogen-bond acceptors (Lipinski definition) is 2.